The number of carbonyl (C=O) groups excluding carboxylic acids is 2. The van der Waals surface area contributed by atoms with E-state index >= 15 is 0 Å². The molecule has 6 heteroatoms. The molecule has 1 N–H and O–H groups in total. The van der Waals surface area contributed by atoms with Crippen LogP contribution in [0.5, 0.6) is 0 Å². The summed E-state index contributed by atoms with van der Waals surface area (Å²) in [5.74, 6) is 0.600. The number of amides is 2. The Hall–Kier alpha value is -1.85. The van der Waals surface area contributed by atoms with E-state index in [0.29, 0.717) is 31.0 Å². The number of hydrogen-bond acceptors (Lipinski definition) is 4. The molecular weight excluding hydrogens is 246 g/mol. The Labute approximate surface area is 112 Å². The van der Waals surface area contributed by atoms with E-state index in [4.69, 9.17) is 4.52 Å². The Bertz CT molecular complexity index is 461. The zero-order valence-corrected chi connectivity index (χ0v) is 11.3. The van der Waals surface area contributed by atoms with Crippen molar-refractivity contribution in [2.75, 3.05) is 13.1 Å². The summed E-state index contributed by atoms with van der Waals surface area (Å²) in [6.07, 6.45) is 2.07. The fraction of sp³-hybridized carbons (Fsp3) is 0.615. The van der Waals surface area contributed by atoms with Gasteiger partial charge in [-0.25, -0.2) is 0 Å². The van der Waals surface area contributed by atoms with Gasteiger partial charge in [-0.05, 0) is 19.8 Å². The molecule has 2 rings (SSSR count). The number of aryl methyl sites for hydroxylation is 1. The summed E-state index contributed by atoms with van der Waals surface area (Å²) in [6.45, 7) is 4.87. The number of nitrogens with one attached hydrogen (secondary N) is 1. The molecule has 1 aliphatic rings. The van der Waals surface area contributed by atoms with Gasteiger partial charge in [-0.3, -0.25) is 9.59 Å². The number of carbonyl (C=O) groups is 2. The predicted molar refractivity (Wildman–Crippen MR) is 68.6 cm³/mol. The lowest BCUT2D eigenvalue weighted by Gasteiger charge is -2.31. The van der Waals surface area contributed by atoms with Gasteiger partial charge in [0.25, 0.3) is 5.91 Å². The first-order valence-corrected chi connectivity index (χ1v) is 6.62. The van der Waals surface area contributed by atoms with Crippen molar-refractivity contribution in [1.82, 2.24) is 15.4 Å². The summed E-state index contributed by atoms with van der Waals surface area (Å²) in [5.41, 5.74) is 0.355. The molecule has 104 valence electrons. The summed E-state index contributed by atoms with van der Waals surface area (Å²) >= 11 is 0. The fourth-order valence-electron chi connectivity index (χ4n) is 2.19. The van der Waals surface area contributed by atoms with Gasteiger partial charge in [0.1, 0.15) is 5.76 Å². The van der Waals surface area contributed by atoms with Gasteiger partial charge in [0, 0.05) is 31.6 Å². The average molecular weight is 265 g/mol. The molecule has 2 amide bonds. The van der Waals surface area contributed by atoms with Crippen molar-refractivity contribution < 1.29 is 14.1 Å². The second kappa shape index (κ2) is 5.86. The van der Waals surface area contributed by atoms with Crippen LogP contribution in [0.25, 0.3) is 0 Å². The zero-order chi connectivity index (χ0) is 13.8. The lowest BCUT2D eigenvalue weighted by molar-refractivity contribution is -0.121. The Kier molecular flexibility index (Phi) is 4.19. The number of piperidine rings is 1. The van der Waals surface area contributed by atoms with Crippen LogP contribution in [0.2, 0.25) is 0 Å². The van der Waals surface area contributed by atoms with Crippen molar-refractivity contribution in [2.45, 2.75) is 39.2 Å². The maximum Gasteiger partial charge on any atom is 0.276 e. The molecule has 0 atom stereocenters. The van der Waals surface area contributed by atoms with E-state index in [1.165, 1.54) is 0 Å². The molecular formula is C13H19N3O3. The van der Waals surface area contributed by atoms with E-state index in [-0.39, 0.29) is 17.9 Å². The average Bonchev–Trinajstić information content (AvgIpc) is 2.85. The van der Waals surface area contributed by atoms with Crippen molar-refractivity contribution in [2.24, 2.45) is 0 Å². The second-order valence-electron chi connectivity index (χ2n) is 4.81. The summed E-state index contributed by atoms with van der Waals surface area (Å²) in [5, 5.41) is 6.70. The standard InChI is InChI=1S/C13H19N3O3/c1-3-12(17)14-10-4-6-16(7-5-10)13(18)11-8-9(2)19-15-11/h8,10H,3-7H2,1-2H3,(H,14,17). The number of hydrogen-bond donors (Lipinski definition) is 1. The number of likely N-dealkylation sites (tertiary alicyclic amines) is 1. The number of aromatic nitrogens is 1. The minimum absolute atomic E-state index is 0.0666. The lowest BCUT2D eigenvalue weighted by Crippen LogP contribution is -2.46. The maximum atomic E-state index is 12.1. The minimum Gasteiger partial charge on any atom is -0.361 e. The van der Waals surface area contributed by atoms with Crippen LogP contribution in [-0.2, 0) is 4.79 Å². The second-order valence-corrected chi connectivity index (χ2v) is 4.81. The highest BCUT2D eigenvalue weighted by atomic mass is 16.5. The SMILES string of the molecule is CCC(=O)NC1CCN(C(=O)c2cc(C)on2)CC1. The van der Waals surface area contributed by atoms with Crippen LogP contribution < -0.4 is 5.32 Å². The molecule has 1 aliphatic heterocycles. The quantitative estimate of drug-likeness (QED) is 0.888. The minimum atomic E-state index is -0.0999. The van der Waals surface area contributed by atoms with Crippen LogP contribution in [0.15, 0.2) is 10.6 Å². The molecule has 0 bridgehead atoms. The van der Waals surface area contributed by atoms with Gasteiger partial charge < -0.3 is 14.7 Å². The summed E-state index contributed by atoms with van der Waals surface area (Å²) in [7, 11) is 0. The molecule has 2 heterocycles. The van der Waals surface area contributed by atoms with Crippen molar-refractivity contribution in [1.29, 1.82) is 0 Å². The van der Waals surface area contributed by atoms with Gasteiger partial charge in [0.2, 0.25) is 5.91 Å². The van der Waals surface area contributed by atoms with Crippen molar-refractivity contribution >= 4 is 11.8 Å². The third kappa shape index (κ3) is 3.33. The van der Waals surface area contributed by atoms with Gasteiger partial charge in [-0.15, -0.1) is 0 Å². The van der Waals surface area contributed by atoms with Gasteiger partial charge >= 0.3 is 0 Å². The lowest BCUT2D eigenvalue weighted by atomic mass is 10.0. The molecule has 0 aromatic carbocycles. The molecule has 1 aromatic heterocycles. The largest absolute Gasteiger partial charge is 0.361 e. The Balaban J connectivity index is 1.86. The Morgan fingerprint density at radius 3 is 2.68 bits per heavy atom. The zero-order valence-electron chi connectivity index (χ0n) is 11.3. The van der Waals surface area contributed by atoms with Crippen LogP contribution >= 0.6 is 0 Å². The molecule has 1 fully saturated rings. The molecule has 1 aromatic rings. The van der Waals surface area contributed by atoms with Crippen molar-refractivity contribution in [3.63, 3.8) is 0 Å². The van der Waals surface area contributed by atoms with Gasteiger partial charge in [0.05, 0.1) is 0 Å². The van der Waals surface area contributed by atoms with Crippen molar-refractivity contribution in [3.8, 4) is 0 Å². The predicted octanol–water partition coefficient (Wildman–Crippen LogP) is 1.11. The Morgan fingerprint density at radius 2 is 2.16 bits per heavy atom. The van der Waals surface area contributed by atoms with Crippen LogP contribution in [0, 0.1) is 6.92 Å². The molecule has 6 nitrogen and oxygen atoms in total. The molecule has 0 spiro atoms. The molecule has 19 heavy (non-hydrogen) atoms. The van der Waals surface area contributed by atoms with Crippen LogP contribution in [0.4, 0.5) is 0 Å². The molecule has 0 aliphatic carbocycles. The molecule has 1 saturated heterocycles. The van der Waals surface area contributed by atoms with Crippen LogP contribution in [-0.4, -0.2) is 41.0 Å². The van der Waals surface area contributed by atoms with E-state index in [9.17, 15) is 9.59 Å². The fourth-order valence-corrected chi connectivity index (χ4v) is 2.19. The Morgan fingerprint density at radius 1 is 1.47 bits per heavy atom. The summed E-state index contributed by atoms with van der Waals surface area (Å²) in [4.78, 5) is 25.2. The van der Waals surface area contributed by atoms with E-state index in [1.54, 1.807) is 17.9 Å². The third-order valence-electron chi connectivity index (χ3n) is 3.32. The van der Waals surface area contributed by atoms with Gasteiger partial charge in [-0.2, -0.15) is 0 Å². The summed E-state index contributed by atoms with van der Waals surface area (Å²) in [6, 6.07) is 1.82. The molecule has 0 saturated carbocycles. The topological polar surface area (TPSA) is 75.4 Å². The number of nitrogens with zero attached hydrogens (tertiary/aromatic N) is 2. The van der Waals surface area contributed by atoms with E-state index in [1.807, 2.05) is 6.92 Å². The third-order valence-corrected chi connectivity index (χ3v) is 3.32. The van der Waals surface area contributed by atoms with E-state index in [2.05, 4.69) is 10.5 Å². The summed E-state index contributed by atoms with van der Waals surface area (Å²) < 4.78 is 4.91. The first-order chi connectivity index (χ1) is 9.10. The van der Waals surface area contributed by atoms with E-state index in [0.717, 1.165) is 12.8 Å². The number of rotatable bonds is 3. The van der Waals surface area contributed by atoms with Crippen LogP contribution in [0.3, 0.4) is 0 Å². The molecule has 0 unspecified atom stereocenters. The highest BCUT2D eigenvalue weighted by molar-refractivity contribution is 5.92. The highest BCUT2D eigenvalue weighted by Crippen LogP contribution is 2.14. The van der Waals surface area contributed by atoms with Gasteiger partial charge in [0.15, 0.2) is 5.69 Å². The van der Waals surface area contributed by atoms with Crippen molar-refractivity contribution in [3.05, 3.63) is 17.5 Å². The van der Waals surface area contributed by atoms with Crippen LogP contribution in [0.1, 0.15) is 42.4 Å². The highest BCUT2D eigenvalue weighted by Gasteiger charge is 2.25. The first kappa shape index (κ1) is 13.6. The van der Waals surface area contributed by atoms with Gasteiger partial charge in [-0.1, -0.05) is 12.1 Å². The molecule has 0 radical (unpaired) electrons. The maximum absolute atomic E-state index is 12.1. The normalized spacial score (nSPS) is 16.4. The smallest absolute Gasteiger partial charge is 0.276 e. The monoisotopic (exact) mass is 265 g/mol. The van der Waals surface area contributed by atoms with E-state index < -0.39 is 0 Å². The first-order valence-electron chi connectivity index (χ1n) is 6.62.